The quantitative estimate of drug-likeness (QED) is 0.802. The molecule has 16 heavy (non-hydrogen) atoms. The van der Waals surface area contributed by atoms with E-state index in [1.54, 1.807) is 11.3 Å². The van der Waals surface area contributed by atoms with E-state index in [0.29, 0.717) is 0 Å². The first-order valence-corrected chi connectivity index (χ1v) is 6.36. The fourth-order valence-electron chi connectivity index (χ4n) is 1.58. The normalized spacial score (nSPS) is 10.6. The average molecular weight is 232 g/mol. The van der Waals surface area contributed by atoms with Crippen LogP contribution in [0, 0.1) is 0 Å². The highest BCUT2D eigenvalue weighted by atomic mass is 32.1. The van der Waals surface area contributed by atoms with Crippen LogP contribution in [0.25, 0.3) is 10.6 Å². The Balaban J connectivity index is 2.02. The third-order valence-corrected chi connectivity index (χ3v) is 3.53. The lowest BCUT2D eigenvalue weighted by Crippen LogP contribution is -2.07. The molecule has 1 heterocycles. The number of hydrogen-bond acceptors (Lipinski definition) is 3. The third kappa shape index (κ3) is 2.90. The van der Waals surface area contributed by atoms with Crippen LogP contribution in [0.3, 0.4) is 0 Å². The van der Waals surface area contributed by atoms with E-state index < -0.39 is 0 Å². The lowest BCUT2D eigenvalue weighted by atomic mass is 10.2. The third-order valence-electron chi connectivity index (χ3n) is 2.42. The summed E-state index contributed by atoms with van der Waals surface area (Å²) < 4.78 is 0. The van der Waals surface area contributed by atoms with Crippen LogP contribution in [0.5, 0.6) is 0 Å². The van der Waals surface area contributed by atoms with E-state index in [-0.39, 0.29) is 0 Å². The number of aryl methyl sites for hydroxylation is 1. The summed E-state index contributed by atoms with van der Waals surface area (Å²) in [5, 5.41) is 4.29. The smallest absolute Gasteiger partial charge is 0.123 e. The lowest BCUT2D eigenvalue weighted by Gasteiger charge is -1.96. The van der Waals surface area contributed by atoms with E-state index in [2.05, 4.69) is 34.6 Å². The van der Waals surface area contributed by atoms with Gasteiger partial charge in [-0.25, -0.2) is 4.98 Å². The number of nitrogens with zero attached hydrogens (tertiary/aromatic N) is 1. The molecular weight excluding hydrogens is 216 g/mol. The Bertz CT molecular complexity index is 423. The van der Waals surface area contributed by atoms with Gasteiger partial charge >= 0.3 is 0 Å². The number of benzene rings is 1. The number of thiazole rings is 1. The SMILES string of the molecule is CNCCCc1cnc(-c2ccccc2)s1. The highest BCUT2D eigenvalue weighted by molar-refractivity contribution is 7.15. The maximum absolute atomic E-state index is 4.46. The Morgan fingerprint density at radius 1 is 1.25 bits per heavy atom. The van der Waals surface area contributed by atoms with Gasteiger partial charge in [-0.3, -0.25) is 0 Å². The van der Waals surface area contributed by atoms with Crippen LogP contribution in [0.1, 0.15) is 11.3 Å². The first-order chi connectivity index (χ1) is 7.90. The molecule has 0 radical (unpaired) electrons. The first kappa shape index (κ1) is 11.3. The van der Waals surface area contributed by atoms with Crippen molar-refractivity contribution >= 4 is 11.3 Å². The second kappa shape index (κ2) is 5.77. The van der Waals surface area contributed by atoms with Gasteiger partial charge in [-0.2, -0.15) is 0 Å². The van der Waals surface area contributed by atoms with E-state index in [1.807, 2.05) is 19.3 Å². The van der Waals surface area contributed by atoms with Crippen molar-refractivity contribution in [3.63, 3.8) is 0 Å². The van der Waals surface area contributed by atoms with Crippen molar-refractivity contribution in [3.8, 4) is 10.6 Å². The molecule has 2 rings (SSSR count). The van der Waals surface area contributed by atoms with Gasteiger partial charge in [-0.05, 0) is 26.4 Å². The Labute approximate surface area is 100 Å². The second-order valence-corrected chi connectivity index (χ2v) is 4.82. The predicted molar refractivity (Wildman–Crippen MR) is 69.8 cm³/mol. The van der Waals surface area contributed by atoms with Crippen LogP contribution in [0.15, 0.2) is 36.5 Å². The maximum Gasteiger partial charge on any atom is 0.123 e. The minimum Gasteiger partial charge on any atom is -0.320 e. The molecule has 84 valence electrons. The monoisotopic (exact) mass is 232 g/mol. The molecule has 0 saturated carbocycles. The van der Waals surface area contributed by atoms with E-state index in [4.69, 9.17) is 0 Å². The summed E-state index contributed by atoms with van der Waals surface area (Å²) in [5.41, 5.74) is 1.22. The molecule has 1 N–H and O–H groups in total. The van der Waals surface area contributed by atoms with Crippen molar-refractivity contribution in [3.05, 3.63) is 41.4 Å². The molecule has 0 spiro atoms. The van der Waals surface area contributed by atoms with Gasteiger partial charge in [0.15, 0.2) is 0 Å². The van der Waals surface area contributed by atoms with Crippen LogP contribution in [0.4, 0.5) is 0 Å². The van der Waals surface area contributed by atoms with Gasteiger partial charge in [0.05, 0.1) is 0 Å². The number of rotatable bonds is 5. The van der Waals surface area contributed by atoms with Crippen LogP contribution in [-0.2, 0) is 6.42 Å². The first-order valence-electron chi connectivity index (χ1n) is 5.55. The second-order valence-electron chi connectivity index (χ2n) is 3.70. The van der Waals surface area contributed by atoms with Gasteiger partial charge in [0, 0.05) is 16.6 Å². The largest absolute Gasteiger partial charge is 0.320 e. The Morgan fingerprint density at radius 3 is 2.81 bits per heavy atom. The molecule has 0 atom stereocenters. The van der Waals surface area contributed by atoms with E-state index in [9.17, 15) is 0 Å². The van der Waals surface area contributed by atoms with Crippen molar-refractivity contribution in [1.29, 1.82) is 0 Å². The molecule has 0 fully saturated rings. The molecular formula is C13H16N2S. The molecule has 0 bridgehead atoms. The number of nitrogens with one attached hydrogen (secondary N) is 1. The van der Waals surface area contributed by atoms with Gasteiger partial charge in [-0.15, -0.1) is 11.3 Å². The van der Waals surface area contributed by atoms with Gasteiger partial charge in [0.25, 0.3) is 0 Å². The van der Waals surface area contributed by atoms with Crippen molar-refractivity contribution in [2.75, 3.05) is 13.6 Å². The standard InChI is InChI=1S/C13H16N2S/c1-14-9-5-8-12-10-15-13(16-12)11-6-3-2-4-7-11/h2-4,6-7,10,14H,5,8-9H2,1H3. The fraction of sp³-hybridized carbons (Fsp3) is 0.308. The van der Waals surface area contributed by atoms with Crippen molar-refractivity contribution < 1.29 is 0 Å². The molecule has 0 amide bonds. The van der Waals surface area contributed by atoms with Gasteiger partial charge in [0.2, 0.25) is 0 Å². The summed E-state index contributed by atoms with van der Waals surface area (Å²) in [4.78, 5) is 5.83. The Hall–Kier alpha value is -1.19. The highest BCUT2D eigenvalue weighted by Crippen LogP contribution is 2.25. The zero-order valence-corrected chi connectivity index (χ0v) is 10.3. The van der Waals surface area contributed by atoms with Crippen LogP contribution < -0.4 is 5.32 Å². The molecule has 0 aliphatic carbocycles. The topological polar surface area (TPSA) is 24.9 Å². The Kier molecular flexibility index (Phi) is 4.08. The molecule has 1 aromatic carbocycles. The van der Waals surface area contributed by atoms with E-state index in [1.165, 1.54) is 16.9 Å². The van der Waals surface area contributed by atoms with E-state index in [0.717, 1.165) is 18.0 Å². The molecule has 0 saturated heterocycles. The highest BCUT2D eigenvalue weighted by Gasteiger charge is 2.03. The Morgan fingerprint density at radius 2 is 2.06 bits per heavy atom. The van der Waals surface area contributed by atoms with Gasteiger partial charge < -0.3 is 5.32 Å². The van der Waals surface area contributed by atoms with Crippen LogP contribution >= 0.6 is 11.3 Å². The van der Waals surface area contributed by atoms with Gasteiger partial charge in [0.1, 0.15) is 5.01 Å². The van der Waals surface area contributed by atoms with Crippen molar-refractivity contribution in [2.24, 2.45) is 0 Å². The predicted octanol–water partition coefficient (Wildman–Crippen LogP) is 2.96. The molecule has 0 aliphatic heterocycles. The minimum atomic E-state index is 1.07. The molecule has 3 heteroatoms. The maximum atomic E-state index is 4.46. The van der Waals surface area contributed by atoms with Crippen LogP contribution in [-0.4, -0.2) is 18.6 Å². The summed E-state index contributed by atoms with van der Waals surface area (Å²) in [6, 6.07) is 10.4. The van der Waals surface area contributed by atoms with Crippen LogP contribution in [0.2, 0.25) is 0 Å². The molecule has 1 aromatic heterocycles. The lowest BCUT2D eigenvalue weighted by molar-refractivity contribution is 0.729. The zero-order chi connectivity index (χ0) is 11.2. The van der Waals surface area contributed by atoms with Gasteiger partial charge in [-0.1, -0.05) is 30.3 Å². The summed E-state index contributed by atoms with van der Waals surface area (Å²) >= 11 is 1.80. The average Bonchev–Trinajstić information content (AvgIpc) is 2.79. The summed E-state index contributed by atoms with van der Waals surface area (Å²) in [6.07, 6.45) is 4.29. The molecule has 2 nitrogen and oxygen atoms in total. The zero-order valence-electron chi connectivity index (χ0n) is 9.44. The fourth-order valence-corrected chi connectivity index (χ4v) is 2.54. The van der Waals surface area contributed by atoms with E-state index >= 15 is 0 Å². The van der Waals surface area contributed by atoms with Crippen molar-refractivity contribution in [1.82, 2.24) is 10.3 Å². The molecule has 0 unspecified atom stereocenters. The number of aromatic nitrogens is 1. The van der Waals surface area contributed by atoms with Crippen molar-refractivity contribution in [2.45, 2.75) is 12.8 Å². The molecule has 0 aliphatic rings. The minimum absolute atomic E-state index is 1.07. The summed E-state index contributed by atoms with van der Waals surface area (Å²) in [5.74, 6) is 0. The number of hydrogen-bond donors (Lipinski definition) is 1. The summed E-state index contributed by atoms with van der Waals surface area (Å²) in [7, 11) is 1.99. The molecule has 2 aromatic rings. The summed E-state index contributed by atoms with van der Waals surface area (Å²) in [6.45, 7) is 1.07.